The zero-order valence-corrected chi connectivity index (χ0v) is 29.2. The van der Waals surface area contributed by atoms with E-state index < -0.39 is 0 Å². The predicted molar refractivity (Wildman–Crippen MR) is 181 cm³/mol. The highest BCUT2D eigenvalue weighted by molar-refractivity contribution is 5.72. The van der Waals surface area contributed by atoms with Gasteiger partial charge in [-0.25, -0.2) is 0 Å². The van der Waals surface area contributed by atoms with Gasteiger partial charge < -0.3 is 9.47 Å². The van der Waals surface area contributed by atoms with Crippen LogP contribution in [0.3, 0.4) is 0 Å². The molecule has 0 bridgehead atoms. The summed E-state index contributed by atoms with van der Waals surface area (Å²) in [4.78, 5) is 24.2. The summed E-state index contributed by atoms with van der Waals surface area (Å²) in [6, 6.07) is 0. The summed E-state index contributed by atoms with van der Waals surface area (Å²) >= 11 is 0. The lowest BCUT2D eigenvalue weighted by Gasteiger charge is -2.14. The summed E-state index contributed by atoms with van der Waals surface area (Å²) < 4.78 is 10.9. The molecule has 0 radical (unpaired) electrons. The van der Waals surface area contributed by atoms with Gasteiger partial charge in [0.05, 0.1) is 19.1 Å². The van der Waals surface area contributed by atoms with Crippen LogP contribution >= 0.6 is 0 Å². The largest absolute Gasteiger partial charge is 0.466 e. The van der Waals surface area contributed by atoms with Crippen molar-refractivity contribution in [2.45, 2.75) is 202 Å². The lowest BCUT2D eigenvalue weighted by atomic mass is 9.97. The Morgan fingerprint density at radius 2 is 0.810 bits per heavy atom. The second kappa shape index (κ2) is 31.4. The first-order valence-electron chi connectivity index (χ1n) is 18.7. The highest BCUT2D eigenvalue weighted by Gasteiger charge is 2.17. The van der Waals surface area contributed by atoms with Crippen molar-refractivity contribution in [1.82, 2.24) is 0 Å². The molecule has 4 nitrogen and oxygen atoms in total. The zero-order valence-electron chi connectivity index (χ0n) is 29.2. The van der Waals surface area contributed by atoms with Crippen molar-refractivity contribution in [3.05, 3.63) is 0 Å². The number of hydrogen-bond acceptors (Lipinski definition) is 4. The molecule has 0 aromatic heterocycles. The smallest absolute Gasteiger partial charge is 0.308 e. The quantitative estimate of drug-likeness (QED) is 0.0574. The highest BCUT2D eigenvalue weighted by atomic mass is 16.5. The molecule has 0 N–H and O–H groups in total. The monoisotopic (exact) mass is 595 g/mol. The van der Waals surface area contributed by atoms with Crippen molar-refractivity contribution in [3.63, 3.8) is 0 Å². The van der Waals surface area contributed by atoms with E-state index in [1.54, 1.807) is 0 Å². The number of carbonyl (C=O) groups excluding carboxylic acids is 2. The van der Waals surface area contributed by atoms with Crippen molar-refractivity contribution in [3.8, 4) is 0 Å². The third kappa shape index (κ3) is 30.4. The predicted octanol–water partition coefficient (Wildman–Crippen LogP) is 12.2. The van der Waals surface area contributed by atoms with E-state index in [0.717, 1.165) is 56.8 Å². The first kappa shape index (κ1) is 40.9. The van der Waals surface area contributed by atoms with Gasteiger partial charge >= 0.3 is 11.9 Å². The van der Waals surface area contributed by atoms with Crippen LogP contribution in [-0.2, 0) is 19.1 Å². The van der Waals surface area contributed by atoms with E-state index >= 15 is 0 Å². The number of unbranched alkanes of at least 4 members (excludes halogenated alkanes) is 18. The minimum atomic E-state index is -0.000505. The van der Waals surface area contributed by atoms with E-state index in [-0.39, 0.29) is 17.9 Å². The Bertz CT molecular complexity index is 586. The number of ether oxygens (including phenoxy) is 2. The molecule has 0 aromatic carbocycles. The Morgan fingerprint density at radius 1 is 0.452 bits per heavy atom. The highest BCUT2D eigenvalue weighted by Crippen LogP contribution is 2.18. The van der Waals surface area contributed by atoms with Crippen molar-refractivity contribution >= 4 is 11.9 Å². The maximum atomic E-state index is 12.4. The molecule has 0 aliphatic rings. The molecule has 0 amide bonds. The first-order valence-corrected chi connectivity index (χ1v) is 18.7. The van der Waals surface area contributed by atoms with Crippen LogP contribution < -0.4 is 0 Å². The number of carbonyl (C=O) groups is 2. The molecule has 0 aliphatic heterocycles. The van der Waals surface area contributed by atoms with Gasteiger partial charge in [-0.05, 0) is 43.9 Å². The van der Waals surface area contributed by atoms with Crippen LogP contribution in [-0.4, -0.2) is 25.2 Å². The van der Waals surface area contributed by atoms with Crippen molar-refractivity contribution in [2.75, 3.05) is 13.2 Å². The summed E-state index contributed by atoms with van der Waals surface area (Å²) in [6.07, 6.45) is 31.2. The van der Waals surface area contributed by atoms with Crippen molar-refractivity contribution < 1.29 is 19.1 Å². The fourth-order valence-electron chi connectivity index (χ4n) is 5.66. The molecule has 0 saturated carbocycles. The molecule has 4 heteroatoms. The topological polar surface area (TPSA) is 52.6 Å². The van der Waals surface area contributed by atoms with Gasteiger partial charge in [-0.1, -0.05) is 163 Å². The average Bonchev–Trinajstić information content (AvgIpc) is 2.95. The molecule has 0 fully saturated rings. The number of hydrogen-bond donors (Lipinski definition) is 0. The Kier molecular flexibility index (Phi) is 30.6. The van der Waals surface area contributed by atoms with Crippen LogP contribution in [0.5, 0.6) is 0 Å². The Labute approximate surface area is 263 Å². The van der Waals surface area contributed by atoms with E-state index in [1.807, 2.05) is 0 Å². The van der Waals surface area contributed by atoms with E-state index in [1.165, 1.54) is 116 Å². The van der Waals surface area contributed by atoms with E-state index in [2.05, 4.69) is 34.6 Å². The van der Waals surface area contributed by atoms with Gasteiger partial charge in [-0.2, -0.15) is 0 Å². The maximum Gasteiger partial charge on any atom is 0.308 e. The maximum absolute atomic E-state index is 12.4. The molecule has 1 unspecified atom stereocenters. The van der Waals surface area contributed by atoms with Gasteiger partial charge in [-0.15, -0.1) is 0 Å². The third-order valence-electron chi connectivity index (χ3n) is 8.62. The molecule has 42 heavy (non-hydrogen) atoms. The fraction of sp³-hybridized carbons (Fsp3) is 0.947. The lowest BCUT2D eigenvalue weighted by molar-refractivity contribution is -0.149. The van der Waals surface area contributed by atoms with Crippen LogP contribution in [0.15, 0.2) is 0 Å². The lowest BCUT2D eigenvalue weighted by Crippen LogP contribution is -2.17. The van der Waals surface area contributed by atoms with Gasteiger partial charge in [0, 0.05) is 6.42 Å². The average molecular weight is 595 g/mol. The molecule has 250 valence electrons. The minimum absolute atomic E-state index is 0.000505. The normalized spacial score (nSPS) is 12.3. The zero-order chi connectivity index (χ0) is 31.1. The van der Waals surface area contributed by atoms with Gasteiger partial charge in [0.2, 0.25) is 0 Å². The van der Waals surface area contributed by atoms with Crippen LogP contribution in [0.4, 0.5) is 0 Å². The minimum Gasteiger partial charge on any atom is -0.466 e. The van der Waals surface area contributed by atoms with E-state index in [4.69, 9.17) is 9.47 Å². The summed E-state index contributed by atoms with van der Waals surface area (Å²) in [5.41, 5.74) is 0. The Hall–Kier alpha value is -1.06. The number of rotatable bonds is 32. The summed E-state index contributed by atoms with van der Waals surface area (Å²) in [5, 5.41) is 0. The molecule has 0 heterocycles. The van der Waals surface area contributed by atoms with Crippen LogP contribution in [0.2, 0.25) is 0 Å². The molecule has 0 aliphatic carbocycles. The fourth-order valence-corrected chi connectivity index (χ4v) is 5.66. The molecule has 0 saturated heterocycles. The molecule has 0 rings (SSSR count). The van der Waals surface area contributed by atoms with Crippen molar-refractivity contribution in [2.24, 2.45) is 17.8 Å². The van der Waals surface area contributed by atoms with E-state index in [0.29, 0.717) is 19.6 Å². The van der Waals surface area contributed by atoms with E-state index in [9.17, 15) is 9.59 Å². The molecule has 0 spiro atoms. The summed E-state index contributed by atoms with van der Waals surface area (Å²) in [5.74, 6) is 1.68. The molecule has 1 atom stereocenters. The molecule has 0 aromatic rings. The van der Waals surface area contributed by atoms with Crippen molar-refractivity contribution in [1.29, 1.82) is 0 Å². The first-order chi connectivity index (χ1) is 20.4. The second-order valence-electron chi connectivity index (χ2n) is 13.8. The second-order valence-corrected chi connectivity index (χ2v) is 13.8. The third-order valence-corrected chi connectivity index (χ3v) is 8.62. The van der Waals surface area contributed by atoms with Gasteiger partial charge in [0.25, 0.3) is 0 Å². The van der Waals surface area contributed by atoms with Gasteiger partial charge in [0.15, 0.2) is 0 Å². The van der Waals surface area contributed by atoms with Crippen LogP contribution in [0.1, 0.15) is 202 Å². The Morgan fingerprint density at radius 3 is 1.24 bits per heavy atom. The van der Waals surface area contributed by atoms with Gasteiger partial charge in [0.1, 0.15) is 0 Å². The van der Waals surface area contributed by atoms with Gasteiger partial charge in [-0.3, -0.25) is 9.59 Å². The van der Waals surface area contributed by atoms with Crippen LogP contribution in [0, 0.1) is 17.8 Å². The molecular formula is C38H74O4. The van der Waals surface area contributed by atoms with Crippen LogP contribution in [0.25, 0.3) is 0 Å². The summed E-state index contributed by atoms with van der Waals surface area (Å²) in [6.45, 7) is 12.4. The summed E-state index contributed by atoms with van der Waals surface area (Å²) in [7, 11) is 0. The SMILES string of the molecule is CCC(CCCCCCCCCCCCCCCCCC(=O)OCCCCCC(C)C)C(=O)OCCCCCC(C)C. The molecular weight excluding hydrogens is 520 g/mol. The standard InChI is InChI=1S/C38H74O4/c1-6-36(38(40)42-33-27-21-23-29-35(4)5)30-24-18-16-14-12-10-8-7-9-11-13-15-17-19-25-31-37(39)41-32-26-20-22-28-34(2)3/h34-36H,6-33H2,1-5H3. The Balaban J connectivity index is 3.37. The number of esters is 2.